The molecule has 0 aliphatic rings. The lowest BCUT2D eigenvalue weighted by molar-refractivity contribution is 1.13. The molecule has 14 aromatic rings. The monoisotopic (exact) mass is 879 g/mol. The maximum absolute atomic E-state index is 5.37. The van der Waals surface area contributed by atoms with E-state index in [1.54, 1.807) is 0 Å². The van der Waals surface area contributed by atoms with Crippen LogP contribution in [0, 0.1) is 0 Å². The zero-order chi connectivity index (χ0) is 45.4. The maximum Gasteiger partial charge on any atom is 0.160 e. The average Bonchev–Trinajstić information content (AvgIpc) is 4.07. The van der Waals surface area contributed by atoms with Gasteiger partial charge in [-0.2, -0.15) is 0 Å². The second-order valence-electron chi connectivity index (χ2n) is 17.8. The minimum atomic E-state index is 0.683. The number of nitrogens with zero attached hydrogens (tertiary/aromatic N) is 5. The van der Waals surface area contributed by atoms with E-state index in [2.05, 4.69) is 238 Å². The van der Waals surface area contributed by atoms with Crippen molar-refractivity contribution in [3.8, 4) is 62.1 Å². The average molecular weight is 880 g/mol. The molecule has 0 aliphatic carbocycles. The fourth-order valence-corrected chi connectivity index (χ4v) is 10.7. The van der Waals surface area contributed by atoms with Gasteiger partial charge in [0.05, 0.1) is 44.5 Å². The molecule has 69 heavy (non-hydrogen) atoms. The third kappa shape index (κ3) is 6.32. The highest BCUT2D eigenvalue weighted by atomic mass is 15.0. The van der Waals surface area contributed by atoms with Gasteiger partial charge >= 0.3 is 0 Å². The van der Waals surface area contributed by atoms with Crippen molar-refractivity contribution in [3.05, 3.63) is 249 Å². The first-order valence-corrected chi connectivity index (χ1v) is 23.5. The molecule has 0 saturated heterocycles. The SMILES string of the molecule is c1ccc(-c2cc(-c3cc(-n4c5ccccc5c5ccccc54)cc(-n4c5ccccc5c5cc(-c6ccc7c(c6)c6ccccc6n7-c6ccccc6)ccc54)c3)nc(-c3ccccc3)n2)cc1. The number of rotatable bonds is 7. The van der Waals surface area contributed by atoms with Gasteiger partial charge < -0.3 is 13.7 Å². The molecule has 14 rings (SSSR count). The van der Waals surface area contributed by atoms with E-state index in [1.165, 1.54) is 54.5 Å². The van der Waals surface area contributed by atoms with Crippen LogP contribution in [0.15, 0.2) is 249 Å². The summed E-state index contributed by atoms with van der Waals surface area (Å²) >= 11 is 0. The third-order valence-corrected chi connectivity index (χ3v) is 13.8. The largest absolute Gasteiger partial charge is 0.309 e. The topological polar surface area (TPSA) is 40.6 Å². The first kappa shape index (κ1) is 38.9. The van der Waals surface area contributed by atoms with Crippen LogP contribution in [0.4, 0.5) is 0 Å². The molecule has 0 spiro atoms. The summed E-state index contributed by atoms with van der Waals surface area (Å²) in [5, 5.41) is 7.29. The number of hydrogen-bond acceptors (Lipinski definition) is 2. The van der Waals surface area contributed by atoms with E-state index in [1.807, 2.05) is 24.3 Å². The normalized spacial score (nSPS) is 11.8. The zero-order valence-corrected chi connectivity index (χ0v) is 37.4. The highest BCUT2D eigenvalue weighted by Gasteiger charge is 2.20. The Morgan fingerprint density at radius 3 is 1.06 bits per heavy atom. The zero-order valence-electron chi connectivity index (χ0n) is 37.4. The van der Waals surface area contributed by atoms with Crippen molar-refractivity contribution in [1.82, 2.24) is 23.7 Å². The van der Waals surface area contributed by atoms with Crippen LogP contribution in [0.5, 0.6) is 0 Å². The Balaban J connectivity index is 1.00. The molecular formula is C64H41N5. The van der Waals surface area contributed by atoms with Gasteiger partial charge in [0.1, 0.15) is 0 Å². The van der Waals surface area contributed by atoms with Crippen molar-refractivity contribution in [1.29, 1.82) is 0 Å². The molecule has 0 saturated carbocycles. The van der Waals surface area contributed by atoms with Gasteiger partial charge in [-0.05, 0) is 96.1 Å². The number of para-hydroxylation sites is 5. The van der Waals surface area contributed by atoms with Crippen LogP contribution in [-0.2, 0) is 0 Å². The second-order valence-corrected chi connectivity index (χ2v) is 17.8. The lowest BCUT2D eigenvalue weighted by Crippen LogP contribution is -2.01. The lowest BCUT2D eigenvalue weighted by atomic mass is 10.0. The summed E-state index contributed by atoms with van der Waals surface area (Å²) < 4.78 is 7.22. The molecule has 10 aromatic carbocycles. The Kier molecular flexibility index (Phi) is 8.83. The van der Waals surface area contributed by atoms with Crippen LogP contribution < -0.4 is 0 Å². The van der Waals surface area contributed by atoms with Gasteiger partial charge in [0.15, 0.2) is 5.82 Å². The molecule has 0 atom stereocenters. The molecule has 322 valence electrons. The number of benzene rings is 10. The summed E-state index contributed by atoms with van der Waals surface area (Å²) in [6, 6.07) is 89.3. The van der Waals surface area contributed by atoms with Crippen molar-refractivity contribution < 1.29 is 0 Å². The van der Waals surface area contributed by atoms with Crippen LogP contribution in [0.25, 0.3) is 128 Å². The quantitative estimate of drug-likeness (QED) is 0.160. The molecule has 4 heterocycles. The highest BCUT2D eigenvalue weighted by Crippen LogP contribution is 2.41. The first-order valence-electron chi connectivity index (χ1n) is 23.5. The van der Waals surface area contributed by atoms with Gasteiger partial charge in [-0.1, -0.05) is 164 Å². The van der Waals surface area contributed by atoms with Gasteiger partial charge in [0.25, 0.3) is 0 Å². The first-order chi connectivity index (χ1) is 34.2. The van der Waals surface area contributed by atoms with Crippen molar-refractivity contribution in [3.63, 3.8) is 0 Å². The highest BCUT2D eigenvalue weighted by molar-refractivity contribution is 6.13. The van der Waals surface area contributed by atoms with E-state index in [0.717, 1.165) is 67.2 Å². The molecule has 0 aliphatic heterocycles. The van der Waals surface area contributed by atoms with Crippen LogP contribution >= 0.6 is 0 Å². The van der Waals surface area contributed by atoms with Crippen LogP contribution in [0.3, 0.4) is 0 Å². The summed E-state index contributed by atoms with van der Waals surface area (Å²) in [5.41, 5.74) is 17.3. The van der Waals surface area contributed by atoms with Gasteiger partial charge in [0, 0.05) is 66.1 Å². The molecule has 4 aromatic heterocycles. The molecule has 0 N–H and O–H groups in total. The van der Waals surface area contributed by atoms with Gasteiger partial charge in [-0.25, -0.2) is 9.97 Å². The Bertz CT molecular complexity index is 4180. The lowest BCUT2D eigenvalue weighted by Gasteiger charge is -2.16. The molecule has 0 unspecified atom stereocenters. The van der Waals surface area contributed by atoms with E-state index >= 15 is 0 Å². The van der Waals surface area contributed by atoms with E-state index in [-0.39, 0.29) is 0 Å². The van der Waals surface area contributed by atoms with Crippen molar-refractivity contribution in [2.75, 3.05) is 0 Å². The standard InChI is InChI=1S/C64H41N5/c1-4-18-42(19-5-1)56-41-57(66-64(65-56)43-20-6-2-7-21-43)46-36-48(68-58-28-14-10-24-50(58)51-25-11-15-29-59(51)68)40-49(37-46)69-61-31-17-13-27-53(61)55-39-45(33-35-63(55)69)44-32-34-62-54(38-44)52-26-12-16-30-60(52)67(62)47-22-8-3-9-23-47/h1-41H. The van der Waals surface area contributed by atoms with Crippen molar-refractivity contribution in [2.45, 2.75) is 0 Å². The van der Waals surface area contributed by atoms with Crippen LogP contribution in [-0.4, -0.2) is 23.7 Å². The molecule has 0 bridgehead atoms. The minimum Gasteiger partial charge on any atom is -0.309 e. The number of fused-ring (bicyclic) bond motifs is 9. The predicted molar refractivity (Wildman–Crippen MR) is 287 cm³/mol. The molecular weight excluding hydrogens is 839 g/mol. The van der Waals surface area contributed by atoms with Crippen molar-refractivity contribution in [2.24, 2.45) is 0 Å². The molecule has 0 radical (unpaired) electrons. The van der Waals surface area contributed by atoms with E-state index in [4.69, 9.17) is 9.97 Å². The summed E-state index contributed by atoms with van der Waals surface area (Å²) in [6.07, 6.45) is 0. The van der Waals surface area contributed by atoms with Gasteiger partial charge in [-0.3, -0.25) is 0 Å². The Hall–Kier alpha value is -9.32. The summed E-state index contributed by atoms with van der Waals surface area (Å²) in [4.78, 5) is 10.5. The second kappa shape index (κ2) is 15.7. The Morgan fingerprint density at radius 2 is 0.580 bits per heavy atom. The maximum atomic E-state index is 5.37. The molecule has 5 heteroatoms. The van der Waals surface area contributed by atoms with Gasteiger partial charge in [0.2, 0.25) is 0 Å². The minimum absolute atomic E-state index is 0.683. The molecule has 5 nitrogen and oxygen atoms in total. The summed E-state index contributed by atoms with van der Waals surface area (Å²) in [7, 11) is 0. The fourth-order valence-electron chi connectivity index (χ4n) is 10.7. The Labute approximate surface area is 398 Å². The predicted octanol–water partition coefficient (Wildman–Crippen LogP) is 16.4. The van der Waals surface area contributed by atoms with Gasteiger partial charge in [-0.15, -0.1) is 0 Å². The van der Waals surface area contributed by atoms with E-state index in [9.17, 15) is 0 Å². The van der Waals surface area contributed by atoms with Crippen molar-refractivity contribution >= 4 is 65.4 Å². The molecule has 0 amide bonds. The summed E-state index contributed by atoms with van der Waals surface area (Å²) in [5.74, 6) is 0.683. The smallest absolute Gasteiger partial charge is 0.160 e. The fraction of sp³-hybridized carbons (Fsp3) is 0. The van der Waals surface area contributed by atoms with Crippen LogP contribution in [0.2, 0.25) is 0 Å². The number of hydrogen-bond donors (Lipinski definition) is 0. The van der Waals surface area contributed by atoms with Crippen LogP contribution in [0.1, 0.15) is 0 Å². The molecule has 0 fully saturated rings. The summed E-state index contributed by atoms with van der Waals surface area (Å²) in [6.45, 7) is 0. The Morgan fingerprint density at radius 1 is 0.217 bits per heavy atom. The van der Waals surface area contributed by atoms with E-state index in [0.29, 0.717) is 5.82 Å². The number of aromatic nitrogens is 5. The third-order valence-electron chi connectivity index (χ3n) is 13.8. The van der Waals surface area contributed by atoms with E-state index < -0.39 is 0 Å².